The van der Waals surface area contributed by atoms with Crippen molar-refractivity contribution in [2.45, 2.75) is 22.5 Å². The van der Waals surface area contributed by atoms with Gasteiger partial charge in [0.1, 0.15) is 0 Å². The molecule has 0 radical (unpaired) electrons. The minimum Gasteiger partial charge on any atom is -0.340 e. The second-order valence-corrected chi connectivity index (χ2v) is 9.80. The first-order valence-corrected chi connectivity index (χ1v) is 11.7. The average molecular weight is 470 g/mol. The molecule has 3 rings (SSSR count). The summed E-state index contributed by atoms with van der Waals surface area (Å²) >= 11 is 0.403. The van der Waals surface area contributed by atoms with Gasteiger partial charge in [-0.1, -0.05) is 17.8 Å². The van der Waals surface area contributed by atoms with Gasteiger partial charge in [0.25, 0.3) is 11.7 Å². The highest BCUT2D eigenvalue weighted by Crippen LogP contribution is 2.26. The van der Waals surface area contributed by atoms with E-state index in [1.54, 1.807) is 4.90 Å². The summed E-state index contributed by atoms with van der Waals surface area (Å²) in [5, 5.41) is 2.63. The number of thioether (sulfide) groups is 1. The number of amides is 2. The van der Waals surface area contributed by atoms with Gasteiger partial charge in [0.15, 0.2) is 0 Å². The number of alkyl halides is 2. The van der Waals surface area contributed by atoms with Crippen molar-refractivity contribution in [1.82, 2.24) is 9.21 Å². The van der Waals surface area contributed by atoms with Crippen LogP contribution < -0.4 is 5.32 Å². The smallest absolute Gasteiger partial charge is 0.288 e. The summed E-state index contributed by atoms with van der Waals surface area (Å²) in [6, 6.07) is 11.6. The highest BCUT2D eigenvalue weighted by Gasteiger charge is 2.29. The third-order valence-electron chi connectivity index (χ3n) is 4.76. The topological polar surface area (TPSA) is 86.8 Å². The van der Waals surface area contributed by atoms with Crippen LogP contribution in [0.2, 0.25) is 0 Å². The minimum absolute atomic E-state index is 0.0138. The molecule has 2 amide bonds. The number of hydrogen-bond donors (Lipinski definition) is 1. The molecule has 0 spiro atoms. The molecule has 11 heteroatoms. The zero-order valence-corrected chi connectivity index (χ0v) is 18.3. The molecule has 0 aliphatic carbocycles. The molecule has 1 aliphatic rings. The fourth-order valence-corrected chi connectivity index (χ4v) is 5.08. The van der Waals surface area contributed by atoms with Crippen molar-refractivity contribution in [2.75, 3.05) is 31.5 Å². The van der Waals surface area contributed by atoms with Gasteiger partial charge in [-0.25, -0.2) is 8.42 Å². The van der Waals surface area contributed by atoms with Crippen LogP contribution >= 0.6 is 11.8 Å². The van der Waals surface area contributed by atoms with E-state index in [4.69, 9.17) is 0 Å². The summed E-state index contributed by atoms with van der Waals surface area (Å²) in [6.07, 6.45) is 0. The normalized spacial score (nSPS) is 15.2. The Morgan fingerprint density at radius 1 is 1.03 bits per heavy atom. The number of carbonyl (C=O) groups excluding carboxylic acids is 2. The van der Waals surface area contributed by atoms with Crippen molar-refractivity contribution in [3.05, 3.63) is 54.1 Å². The Morgan fingerprint density at radius 2 is 1.68 bits per heavy atom. The van der Waals surface area contributed by atoms with Crippen LogP contribution in [0.15, 0.2) is 58.3 Å². The number of halogens is 2. The molecular formula is C20H21F2N3O4S2. The van der Waals surface area contributed by atoms with Crippen molar-refractivity contribution < 1.29 is 26.8 Å². The van der Waals surface area contributed by atoms with Crippen molar-refractivity contribution in [3.8, 4) is 0 Å². The maximum Gasteiger partial charge on any atom is 0.288 e. The summed E-state index contributed by atoms with van der Waals surface area (Å²) in [7, 11) is -3.82. The molecule has 1 heterocycles. The van der Waals surface area contributed by atoms with Gasteiger partial charge in [0.05, 0.1) is 4.90 Å². The van der Waals surface area contributed by atoms with E-state index in [1.165, 1.54) is 59.8 Å². The van der Waals surface area contributed by atoms with Gasteiger partial charge in [-0.3, -0.25) is 9.59 Å². The highest BCUT2D eigenvalue weighted by molar-refractivity contribution is 7.99. The van der Waals surface area contributed by atoms with E-state index in [0.29, 0.717) is 35.4 Å². The third kappa shape index (κ3) is 5.81. The molecule has 1 N–H and O–H groups in total. The largest absolute Gasteiger partial charge is 0.340 e. The predicted molar refractivity (Wildman–Crippen MR) is 114 cm³/mol. The molecule has 0 saturated carbocycles. The fourth-order valence-electron chi connectivity index (χ4n) is 3.11. The summed E-state index contributed by atoms with van der Waals surface area (Å²) in [6.45, 7) is 2.43. The summed E-state index contributed by atoms with van der Waals surface area (Å²) in [4.78, 5) is 25.9. The van der Waals surface area contributed by atoms with Gasteiger partial charge in [-0.15, -0.1) is 0 Å². The lowest BCUT2D eigenvalue weighted by Gasteiger charge is -2.33. The average Bonchev–Trinajstić information content (AvgIpc) is 2.75. The number of sulfonamides is 1. The number of piperazine rings is 1. The molecule has 0 atom stereocenters. The summed E-state index contributed by atoms with van der Waals surface area (Å²) in [5.74, 6) is -3.15. The van der Waals surface area contributed by atoms with Crippen LogP contribution in [-0.4, -0.2) is 61.4 Å². The number of nitrogens with zero attached hydrogens (tertiary/aromatic N) is 2. The zero-order valence-electron chi connectivity index (χ0n) is 16.6. The molecule has 1 saturated heterocycles. The molecular weight excluding hydrogens is 448 g/mol. The van der Waals surface area contributed by atoms with Crippen LogP contribution in [0.1, 0.15) is 17.3 Å². The number of benzene rings is 2. The second-order valence-electron chi connectivity index (χ2n) is 6.79. The molecule has 0 bridgehead atoms. The molecule has 2 aromatic carbocycles. The quantitative estimate of drug-likeness (QED) is 0.657. The molecule has 1 aliphatic heterocycles. The summed E-state index contributed by atoms with van der Waals surface area (Å²) in [5.41, 5.74) is 0.548. The first-order valence-electron chi connectivity index (χ1n) is 9.39. The molecule has 0 unspecified atom stereocenters. The third-order valence-corrected chi connectivity index (χ3v) is 7.37. The maximum atomic E-state index is 12.9. The number of hydrogen-bond acceptors (Lipinski definition) is 5. The zero-order chi connectivity index (χ0) is 22.6. The number of anilines is 1. The lowest BCUT2D eigenvalue weighted by Crippen LogP contribution is -2.49. The number of rotatable bonds is 6. The Kier molecular flexibility index (Phi) is 7.29. The monoisotopic (exact) mass is 469 g/mol. The lowest BCUT2D eigenvalue weighted by molar-refractivity contribution is -0.129. The standard InChI is InChI=1S/C20H21F2N3O4S2/c1-14(26)24-9-11-25(12-10-24)31(28,29)18-4-2-3-15(13-18)19(27)23-16-5-7-17(8-6-16)30-20(21)22/h2-8,13,20H,9-12H2,1H3,(H,23,27). The van der Waals surface area contributed by atoms with Crippen LogP contribution in [0.25, 0.3) is 0 Å². The minimum atomic E-state index is -3.82. The van der Waals surface area contributed by atoms with Crippen LogP contribution in [0.3, 0.4) is 0 Å². The van der Waals surface area contributed by atoms with Gasteiger partial charge >= 0.3 is 0 Å². The Bertz CT molecular complexity index is 1050. The SMILES string of the molecule is CC(=O)N1CCN(S(=O)(=O)c2cccc(C(=O)Nc3ccc(SC(F)F)cc3)c2)CC1. The predicted octanol–water partition coefficient (Wildman–Crippen LogP) is 3.11. The first kappa shape index (κ1) is 23.2. The van der Waals surface area contributed by atoms with E-state index in [9.17, 15) is 26.8 Å². The van der Waals surface area contributed by atoms with E-state index >= 15 is 0 Å². The highest BCUT2D eigenvalue weighted by atomic mass is 32.2. The Labute approximate surface area is 183 Å². The number of nitrogens with one attached hydrogen (secondary N) is 1. The van der Waals surface area contributed by atoms with Crippen LogP contribution in [0, 0.1) is 0 Å². The van der Waals surface area contributed by atoms with E-state index < -0.39 is 21.7 Å². The van der Waals surface area contributed by atoms with Crippen molar-refractivity contribution in [3.63, 3.8) is 0 Å². The molecule has 166 valence electrons. The van der Waals surface area contributed by atoms with Crippen LogP contribution in [0.4, 0.5) is 14.5 Å². The Morgan fingerprint density at radius 3 is 2.26 bits per heavy atom. The lowest BCUT2D eigenvalue weighted by atomic mass is 10.2. The molecule has 0 aromatic heterocycles. The van der Waals surface area contributed by atoms with Gasteiger partial charge in [0, 0.05) is 49.2 Å². The van der Waals surface area contributed by atoms with Crippen molar-refractivity contribution in [2.24, 2.45) is 0 Å². The molecule has 1 fully saturated rings. The Balaban J connectivity index is 1.70. The van der Waals surface area contributed by atoms with Gasteiger partial charge in [-0.05, 0) is 42.5 Å². The van der Waals surface area contributed by atoms with E-state index in [-0.39, 0.29) is 29.5 Å². The molecule has 7 nitrogen and oxygen atoms in total. The van der Waals surface area contributed by atoms with Crippen LogP contribution in [-0.2, 0) is 14.8 Å². The molecule has 31 heavy (non-hydrogen) atoms. The van der Waals surface area contributed by atoms with Gasteiger partial charge in [0.2, 0.25) is 15.9 Å². The van der Waals surface area contributed by atoms with Gasteiger partial charge in [-0.2, -0.15) is 13.1 Å². The first-order chi connectivity index (χ1) is 14.7. The van der Waals surface area contributed by atoms with Crippen molar-refractivity contribution in [1.29, 1.82) is 0 Å². The fraction of sp³-hybridized carbons (Fsp3) is 0.300. The summed E-state index contributed by atoms with van der Waals surface area (Å²) < 4.78 is 52.0. The second kappa shape index (κ2) is 9.75. The van der Waals surface area contributed by atoms with E-state index in [0.717, 1.165) is 0 Å². The molecule has 2 aromatic rings. The number of carbonyl (C=O) groups is 2. The van der Waals surface area contributed by atoms with Crippen molar-refractivity contribution >= 4 is 39.3 Å². The van der Waals surface area contributed by atoms with E-state index in [1.807, 2.05) is 0 Å². The Hall–Kier alpha value is -2.50. The van der Waals surface area contributed by atoms with E-state index in [2.05, 4.69) is 5.32 Å². The van der Waals surface area contributed by atoms with Gasteiger partial charge < -0.3 is 10.2 Å². The maximum absolute atomic E-state index is 12.9. The van der Waals surface area contributed by atoms with Crippen LogP contribution in [0.5, 0.6) is 0 Å².